The molecule has 4 heteroatoms. The molecule has 2 N–H and O–H groups in total. The van der Waals surface area contributed by atoms with E-state index < -0.39 is 5.97 Å². The fourth-order valence-electron chi connectivity index (χ4n) is 5.19. The van der Waals surface area contributed by atoms with Crippen LogP contribution in [0.5, 0.6) is 0 Å². The standard InChI is InChI=1S/C16H21NO3/c18-15(19)14-2-1-13(20-14)9-17-16-6-10-3-11(7-16)5-12(4-10)8-16/h1-2,10-12,17H,3-9H2,(H,18,19). The molecule has 4 aliphatic carbocycles. The van der Waals surface area contributed by atoms with Crippen molar-refractivity contribution < 1.29 is 14.3 Å². The molecule has 0 aliphatic heterocycles. The van der Waals surface area contributed by atoms with Gasteiger partial charge < -0.3 is 14.8 Å². The highest BCUT2D eigenvalue weighted by Gasteiger charge is 2.50. The van der Waals surface area contributed by atoms with Crippen molar-refractivity contribution in [3.05, 3.63) is 23.7 Å². The first-order chi connectivity index (χ1) is 9.62. The van der Waals surface area contributed by atoms with Gasteiger partial charge in [-0.3, -0.25) is 0 Å². The summed E-state index contributed by atoms with van der Waals surface area (Å²) in [7, 11) is 0. The third-order valence-corrected chi connectivity index (χ3v) is 5.55. The van der Waals surface area contributed by atoms with Gasteiger partial charge >= 0.3 is 5.97 Å². The van der Waals surface area contributed by atoms with Crippen LogP contribution in [0.2, 0.25) is 0 Å². The summed E-state index contributed by atoms with van der Waals surface area (Å²) in [5, 5.41) is 12.6. The van der Waals surface area contributed by atoms with Crippen LogP contribution in [0.1, 0.15) is 54.8 Å². The third kappa shape index (κ3) is 2.06. The first-order valence-corrected chi connectivity index (χ1v) is 7.69. The number of hydrogen-bond acceptors (Lipinski definition) is 3. The van der Waals surface area contributed by atoms with Crippen molar-refractivity contribution in [2.45, 2.75) is 50.6 Å². The van der Waals surface area contributed by atoms with Crippen LogP contribution < -0.4 is 5.32 Å². The highest BCUT2D eigenvalue weighted by molar-refractivity contribution is 5.84. The van der Waals surface area contributed by atoms with Gasteiger partial charge in [0.05, 0.1) is 6.54 Å². The normalized spacial score (nSPS) is 38.3. The predicted molar refractivity (Wildman–Crippen MR) is 73.4 cm³/mol. The van der Waals surface area contributed by atoms with E-state index in [4.69, 9.17) is 9.52 Å². The minimum absolute atomic E-state index is 0.0345. The van der Waals surface area contributed by atoms with E-state index in [0.29, 0.717) is 12.1 Å². The number of hydrogen-bond donors (Lipinski definition) is 2. The maximum Gasteiger partial charge on any atom is 0.371 e. The number of nitrogens with one attached hydrogen (secondary N) is 1. The molecule has 1 aromatic heterocycles. The van der Waals surface area contributed by atoms with E-state index in [2.05, 4.69) is 5.32 Å². The molecule has 0 unspecified atom stereocenters. The Balaban J connectivity index is 1.45. The molecule has 0 atom stereocenters. The number of carboxylic acid groups (broad SMARTS) is 1. The number of rotatable bonds is 4. The van der Waals surface area contributed by atoms with E-state index in [9.17, 15) is 4.79 Å². The predicted octanol–water partition coefficient (Wildman–Crippen LogP) is 3.04. The molecule has 0 amide bonds. The van der Waals surface area contributed by atoms with Gasteiger partial charge in [-0.15, -0.1) is 0 Å². The van der Waals surface area contributed by atoms with Crippen molar-refractivity contribution in [2.75, 3.05) is 0 Å². The van der Waals surface area contributed by atoms with Crippen LogP contribution in [0, 0.1) is 17.8 Å². The van der Waals surface area contributed by atoms with E-state index in [1.807, 2.05) is 0 Å². The molecule has 108 valence electrons. The van der Waals surface area contributed by atoms with Crippen molar-refractivity contribution in [1.82, 2.24) is 5.32 Å². The summed E-state index contributed by atoms with van der Waals surface area (Å²) in [5.74, 6) is 2.52. The van der Waals surface area contributed by atoms with Crippen LogP contribution in [0.3, 0.4) is 0 Å². The van der Waals surface area contributed by atoms with E-state index in [1.165, 1.54) is 38.5 Å². The van der Waals surface area contributed by atoms with Gasteiger partial charge in [0.1, 0.15) is 5.76 Å². The molecule has 4 fully saturated rings. The summed E-state index contributed by atoms with van der Waals surface area (Å²) in [4.78, 5) is 10.8. The Bertz CT molecular complexity index is 498. The number of aromatic carboxylic acids is 1. The van der Waals surface area contributed by atoms with Crippen LogP contribution in [0.4, 0.5) is 0 Å². The van der Waals surface area contributed by atoms with E-state index in [0.717, 1.165) is 23.5 Å². The maximum atomic E-state index is 10.8. The summed E-state index contributed by atoms with van der Waals surface area (Å²) in [6.45, 7) is 0.652. The van der Waals surface area contributed by atoms with Gasteiger partial charge in [-0.1, -0.05) is 0 Å². The highest BCUT2D eigenvalue weighted by atomic mass is 16.4. The van der Waals surface area contributed by atoms with Crippen LogP contribution in [-0.2, 0) is 6.54 Å². The Morgan fingerprint density at radius 3 is 2.30 bits per heavy atom. The van der Waals surface area contributed by atoms with Gasteiger partial charge in [0.25, 0.3) is 0 Å². The van der Waals surface area contributed by atoms with Gasteiger partial charge in [-0.2, -0.15) is 0 Å². The summed E-state index contributed by atoms with van der Waals surface area (Å²) in [6, 6.07) is 3.32. The number of furan rings is 1. The lowest BCUT2D eigenvalue weighted by Gasteiger charge is -2.57. The average molecular weight is 275 g/mol. The van der Waals surface area contributed by atoms with Gasteiger partial charge in [0.15, 0.2) is 0 Å². The quantitative estimate of drug-likeness (QED) is 0.886. The molecule has 0 saturated heterocycles. The molecule has 20 heavy (non-hydrogen) atoms. The average Bonchev–Trinajstić information content (AvgIpc) is 2.84. The van der Waals surface area contributed by atoms with E-state index in [-0.39, 0.29) is 5.76 Å². The molecule has 1 aromatic rings. The summed E-state index contributed by atoms with van der Waals surface area (Å²) in [5.41, 5.74) is 0.297. The molecular weight excluding hydrogens is 254 g/mol. The van der Waals surface area contributed by atoms with Crippen molar-refractivity contribution in [3.8, 4) is 0 Å². The number of carbonyl (C=O) groups is 1. The first kappa shape index (κ1) is 12.5. The second-order valence-corrected chi connectivity index (χ2v) is 7.12. The van der Waals surface area contributed by atoms with E-state index >= 15 is 0 Å². The molecule has 4 saturated carbocycles. The lowest BCUT2D eigenvalue weighted by molar-refractivity contribution is -0.0213. The zero-order valence-electron chi connectivity index (χ0n) is 11.6. The molecule has 4 bridgehead atoms. The maximum absolute atomic E-state index is 10.8. The topological polar surface area (TPSA) is 62.5 Å². The van der Waals surface area contributed by atoms with Gasteiger partial charge in [-0.05, 0) is 68.4 Å². The van der Waals surface area contributed by atoms with Crippen molar-refractivity contribution in [3.63, 3.8) is 0 Å². The van der Waals surface area contributed by atoms with Gasteiger partial charge in [0.2, 0.25) is 5.76 Å². The SMILES string of the molecule is O=C(O)c1ccc(CNC23CC4CC(CC(C4)C2)C3)o1. The van der Waals surface area contributed by atoms with Crippen LogP contribution in [0.25, 0.3) is 0 Å². The van der Waals surface area contributed by atoms with Crippen LogP contribution >= 0.6 is 0 Å². The largest absolute Gasteiger partial charge is 0.475 e. The summed E-state index contributed by atoms with van der Waals surface area (Å²) in [6.07, 6.45) is 8.20. The Morgan fingerprint density at radius 2 is 1.80 bits per heavy atom. The zero-order valence-corrected chi connectivity index (χ0v) is 11.6. The summed E-state index contributed by atoms with van der Waals surface area (Å²) >= 11 is 0. The van der Waals surface area contributed by atoms with Crippen LogP contribution in [-0.4, -0.2) is 16.6 Å². The van der Waals surface area contributed by atoms with Gasteiger partial charge in [-0.25, -0.2) is 4.79 Å². The van der Waals surface area contributed by atoms with Crippen molar-refractivity contribution >= 4 is 5.97 Å². The summed E-state index contributed by atoms with van der Waals surface area (Å²) < 4.78 is 5.35. The van der Waals surface area contributed by atoms with Crippen LogP contribution in [0.15, 0.2) is 16.5 Å². The molecule has 4 aliphatic rings. The number of carboxylic acids is 1. The second kappa shape index (κ2) is 4.35. The molecule has 0 radical (unpaired) electrons. The minimum Gasteiger partial charge on any atom is -0.475 e. The zero-order chi connectivity index (χ0) is 13.7. The molecular formula is C16H21NO3. The molecule has 0 spiro atoms. The fraction of sp³-hybridized carbons (Fsp3) is 0.688. The lowest BCUT2D eigenvalue weighted by atomic mass is 9.53. The smallest absolute Gasteiger partial charge is 0.371 e. The fourth-order valence-corrected chi connectivity index (χ4v) is 5.19. The highest BCUT2D eigenvalue weighted by Crippen LogP contribution is 2.55. The second-order valence-electron chi connectivity index (χ2n) is 7.12. The Morgan fingerprint density at radius 1 is 1.20 bits per heavy atom. The minimum atomic E-state index is -0.994. The third-order valence-electron chi connectivity index (χ3n) is 5.55. The van der Waals surface area contributed by atoms with Crippen molar-refractivity contribution in [2.24, 2.45) is 17.8 Å². The Hall–Kier alpha value is -1.29. The monoisotopic (exact) mass is 275 g/mol. The van der Waals surface area contributed by atoms with Crippen molar-refractivity contribution in [1.29, 1.82) is 0 Å². The first-order valence-electron chi connectivity index (χ1n) is 7.69. The molecule has 1 heterocycles. The lowest BCUT2D eigenvalue weighted by Crippen LogP contribution is -2.58. The molecule has 0 aromatic carbocycles. The molecule has 5 rings (SSSR count). The Kier molecular flexibility index (Phi) is 2.71. The van der Waals surface area contributed by atoms with E-state index in [1.54, 1.807) is 12.1 Å². The van der Waals surface area contributed by atoms with Gasteiger partial charge in [0, 0.05) is 5.54 Å². The Labute approximate surface area is 118 Å². The molecule has 4 nitrogen and oxygen atoms in total.